The third kappa shape index (κ3) is 5.53. The molecule has 3 aromatic rings. The molecule has 0 spiro atoms. The standard InChI is InChI=1S/C27H33FO4Si/c1-27(2,33(30,22-11-6-4-7-12-22)23-13-8-5-9-14-23)17-10-18-32-26(20-29)24-19-21(28)15-16-25(24)31-3/h4-9,11-16,19,26,29-30H,10,17-18,20H2,1-3H3. The van der Waals surface area contributed by atoms with E-state index in [2.05, 4.69) is 13.8 Å². The maximum Gasteiger partial charge on any atom is 0.258 e. The van der Waals surface area contributed by atoms with E-state index in [1.807, 2.05) is 60.7 Å². The van der Waals surface area contributed by atoms with Gasteiger partial charge in [-0.1, -0.05) is 74.5 Å². The summed E-state index contributed by atoms with van der Waals surface area (Å²) in [6.07, 6.45) is 0.715. The lowest BCUT2D eigenvalue weighted by Crippen LogP contribution is -2.65. The number of hydrogen-bond donors (Lipinski definition) is 2. The number of rotatable bonds is 11. The van der Waals surface area contributed by atoms with Gasteiger partial charge in [0.25, 0.3) is 8.32 Å². The molecule has 0 amide bonds. The Balaban J connectivity index is 1.74. The van der Waals surface area contributed by atoms with Crippen molar-refractivity contribution in [2.45, 2.75) is 37.8 Å². The Morgan fingerprint density at radius 1 is 0.939 bits per heavy atom. The average molecular weight is 469 g/mol. The molecular formula is C27H33FO4Si. The van der Waals surface area contributed by atoms with Crippen LogP contribution in [0, 0.1) is 5.82 Å². The fourth-order valence-corrected chi connectivity index (χ4v) is 8.21. The maximum atomic E-state index is 13.8. The zero-order valence-corrected chi connectivity index (χ0v) is 20.5. The topological polar surface area (TPSA) is 58.9 Å². The molecule has 0 fully saturated rings. The third-order valence-electron chi connectivity index (χ3n) is 6.33. The van der Waals surface area contributed by atoms with E-state index in [1.165, 1.54) is 25.3 Å². The number of halogens is 1. The molecule has 0 radical (unpaired) electrons. The lowest BCUT2D eigenvalue weighted by Gasteiger charge is -2.41. The Kier molecular flexibility index (Phi) is 8.43. The molecule has 0 aromatic heterocycles. The van der Waals surface area contributed by atoms with Crippen LogP contribution in [0.1, 0.15) is 38.4 Å². The summed E-state index contributed by atoms with van der Waals surface area (Å²) in [5, 5.41) is 11.4. The summed E-state index contributed by atoms with van der Waals surface area (Å²) in [6, 6.07) is 24.0. The Bertz CT molecular complexity index is 972. The van der Waals surface area contributed by atoms with Crippen LogP contribution in [0.4, 0.5) is 4.39 Å². The highest BCUT2D eigenvalue weighted by Crippen LogP contribution is 2.40. The number of aliphatic hydroxyl groups excluding tert-OH is 1. The van der Waals surface area contributed by atoms with E-state index in [0.717, 1.165) is 16.8 Å². The molecule has 0 heterocycles. The van der Waals surface area contributed by atoms with Crippen LogP contribution in [-0.2, 0) is 4.74 Å². The number of ether oxygens (including phenoxy) is 2. The SMILES string of the molecule is COc1ccc(F)cc1C(CO)OCCCC(C)(C)[Si](O)(c1ccccc1)c1ccccc1. The van der Waals surface area contributed by atoms with Crippen LogP contribution in [0.15, 0.2) is 78.9 Å². The minimum absolute atomic E-state index is 0.282. The highest BCUT2D eigenvalue weighted by Gasteiger charge is 2.49. The van der Waals surface area contributed by atoms with E-state index < -0.39 is 20.2 Å². The minimum Gasteiger partial charge on any atom is -0.496 e. The molecule has 1 unspecified atom stereocenters. The van der Waals surface area contributed by atoms with Gasteiger partial charge in [0.1, 0.15) is 17.7 Å². The first kappa shape index (κ1) is 25.1. The van der Waals surface area contributed by atoms with Crippen molar-refractivity contribution in [3.8, 4) is 5.75 Å². The van der Waals surface area contributed by atoms with Crippen LogP contribution in [0.25, 0.3) is 0 Å². The second-order valence-corrected chi connectivity index (χ2v) is 12.8. The predicted molar refractivity (Wildman–Crippen MR) is 132 cm³/mol. The van der Waals surface area contributed by atoms with Crippen molar-refractivity contribution >= 4 is 18.7 Å². The normalized spacial score (nSPS) is 13.0. The lowest BCUT2D eigenvalue weighted by atomic mass is 10.1. The summed E-state index contributed by atoms with van der Waals surface area (Å²) in [6.45, 7) is 4.30. The van der Waals surface area contributed by atoms with E-state index in [0.29, 0.717) is 24.3 Å². The molecule has 4 nitrogen and oxygen atoms in total. The Morgan fingerprint density at radius 3 is 2.03 bits per heavy atom. The van der Waals surface area contributed by atoms with Crippen LogP contribution in [0.5, 0.6) is 5.75 Å². The van der Waals surface area contributed by atoms with Gasteiger partial charge in [0.15, 0.2) is 0 Å². The molecule has 3 rings (SSSR count). The van der Waals surface area contributed by atoms with E-state index >= 15 is 0 Å². The molecule has 0 aliphatic carbocycles. The van der Waals surface area contributed by atoms with Crippen molar-refractivity contribution in [1.29, 1.82) is 0 Å². The Hall–Kier alpha value is -2.51. The van der Waals surface area contributed by atoms with Gasteiger partial charge in [-0.3, -0.25) is 0 Å². The van der Waals surface area contributed by atoms with E-state index in [4.69, 9.17) is 9.47 Å². The lowest BCUT2D eigenvalue weighted by molar-refractivity contribution is 0.00769. The van der Waals surface area contributed by atoms with Crippen molar-refractivity contribution in [2.24, 2.45) is 0 Å². The molecular weight excluding hydrogens is 435 g/mol. The van der Waals surface area contributed by atoms with Crippen molar-refractivity contribution in [2.75, 3.05) is 20.3 Å². The van der Waals surface area contributed by atoms with Crippen LogP contribution in [-0.4, -0.2) is 38.5 Å². The first-order valence-electron chi connectivity index (χ1n) is 11.2. The molecule has 3 aromatic carbocycles. The summed E-state index contributed by atoms with van der Waals surface area (Å²) in [5.74, 6) is 0.0708. The number of methoxy groups -OCH3 is 1. The first-order chi connectivity index (χ1) is 15.8. The molecule has 6 heteroatoms. The zero-order chi connectivity index (χ0) is 23.9. The molecule has 33 heavy (non-hydrogen) atoms. The Labute approximate surface area is 196 Å². The predicted octanol–water partition coefficient (Wildman–Crippen LogP) is 4.20. The molecule has 176 valence electrons. The summed E-state index contributed by atoms with van der Waals surface area (Å²) in [5.41, 5.74) is 0.485. The molecule has 0 bridgehead atoms. The first-order valence-corrected chi connectivity index (χ1v) is 13.2. The van der Waals surface area contributed by atoms with Gasteiger partial charge < -0.3 is 19.4 Å². The fraction of sp³-hybridized carbons (Fsp3) is 0.333. The van der Waals surface area contributed by atoms with Crippen molar-refractivity contribution in [3.63, 3.8) is 0 Å². The maximum absolute atomic E-state index is 13.8. The van der Waals surface area contributed by atoms with Gasteiger partial charge in [-0.2, -0.15) is 0 Å². The molecule has 0 saturated heterocycles. The van der Waals surface area contributed by atoms with Crippen LogP contribution < -0.4 is 15.1 Å². The minimum atomic E-state index is -3.08. The zero-order valence-electron chi connectivity index (χ0n) is 19.5. The van der Waals surface area contributed by atoms with Crippen LogP contribution in [0.3, 0.4) is 0 Å². The second kappa shape index (κ2) is 11.1. The highest BCUT2D eigenvalue weighted by atomic mass is 28.4. The van der Waals surface area contributed by atoms with Crippen molar-refractivity contribution < 1.29 is 23.8 Å². The summed E-state index contributed by atoms with van der Waals surface area (Å²) in [7, 11) is -1.57. The molecule has 0 aliphatic rings. The van der Waals surface area contributed by atoms with Crippen molar-refractivity contribution in [1.82, 2.24) is 0 Å². The quantitative estimate of drug-likeness (QED) is 0.327. The number of benzene rings is 3. The fourth-order valence-electron chi connectivity index (χ4n) is 4.43. The smallest absolute Gasteiger partial charge is 0.258 e. The third-order valence-corrected chi connectivity index (χ3v) is 10.9. The van der Waals surface area contributed by atoms with Gasteiger partial charge in [0.2, 0.25) is 0 Å². The number of aliphatic hydroxyl groups is 1. The average Bonchev–Trinajstić information content (AvgIpc) is 2.84. The van der Waals surface area contributed by atoms with Gasteiger partial charge in [-0.15, -0.1) is 0 Å². The monoisotopic (exact) mass is 468 g/mol. The molecule has 1 atom stereocenters. The van der Waals surface area contributed by atoms with Gasteiger partial charge in [-0.05, 0) is 46.5 Å². The van der Waals surface area contributed by atoms with E-state index in [1.54, 1.807) is 0 Å². The van der Waals surface area contributed by atoms with Gasteiger partial charge in [0, 0.05) is 12.2 Å². The van der Waals surface area contributed by atoms with Gasteiger partial charge in [-0.25, -0.2) is 4.39 Å². The summed E-state index contributed by atoms with van der Waals surface area (Å²) < 4.78 is 25.0. The number of hydrogen-bond acceptors (Lipinski definition) is 4. The van der Waals surface area contributed by atoms with Crippen LogP contribution >= 0.6 is 0 Å². The van der Waals surface area contributed by atoms with E-state index in [9.17, 15) is 14.3 Å². The molecule has 0 saturated carbocycles. The summed E-state index contributed by atoms with van der Waals surface area (Å²) in [4.78, 5) is 12.2. The van der Waals surface area contributed by atoms with Crippen LogP contribution in [0.2, 0.25) is 5.04 Å². The highest BCUT2D eigenvalue weighted by molar-refractivity contribution is 6.98. The molecule has 0 aliphatic heterocycles. The van der Waals surface area contributed by atoms with E-state index in [-0.39, 0.29) is 11.6 Å². The van der Waals surface area contributed by atoms with Crippen molar-refractivity contribution in [3.05, 3.63) is 90.2 Å². The summed E-state index contributed by atoms with van der Waals surface area (Å²) >= 11 is 0. The second-order valence-electron chi connectivity index (χ2n) is 8.86. The molecule has 2 N–H and O–H groups in total. The Morgan fingerprint density at radius 2 is 1.52 bits per heavy atom. The van der Waals surface area contributed by atoms with Gasteiger partial charge in [0.05, 0.1) is 13.7 Å². The van der Waals surface area contributed by atoms with Gasteiger partial charge >= 0.3 is 0 Å². The largest absolute Gasteiger partial charge is 0.496 e.